The van der Waals surface area contributed by atoms with Gasteiger partial charge in [-0.25, -0.2) is 13.1 Å². The van der Waals surface area contributed by atoms with Crippen LogP contribution in [0.1, 0.15) is 30.1 Å². The van der Waals surface area contributed by atoms with Crippen molar-refractivity contribution in [1.29, 1.82) is 0 Å². The van der Waals surface area contributed by atoms with Gasteiger partial charge in [0.2, 0.25) is 10.0 Å². The van der Waals surface area contributed by atoms with Gasteiger partial charge in [-0.1, -0.05) is 6.08 Å². The average Bonchev–Trinajstić information content (AvgIpc) is 3.36. The molecule has 0 bridgehead atoms. The first kappa shape index (κ1) is 16.7. The summed E-state index contributed by atoms with van der Waals surface area (Å²) in [5.41, 5.74) is 0.498. The SMILES string of the molecule is C=CCNS(=O)(=O)c1ccc(C(=O)N(C)C(C)C2CC2)cc1. The number of hydrogen-bond acceptors (Lipinski definition) is 3. The summed E-state index contributed by atoms with van der Waals surface area (Å²) in [6, 6.07) is 6.23. The fourth-order valence-corrected chi connectivity index (χ4v) is 3.31. The number of benzene rings is 1. The molecule has 0 aliphatic heterocycles. The maximum Gasteiger partial charge on any atom is 0.253 e. The number of rotatable bonds is 7. The van der Waals surface area contributed by atoms with Crippen molar-refractivity contribution in [3.05, 3.63) is 42.5 Å². The lowest BCUT2D eigenvalue weighted by molar-refractivity contribution is 0.0727. The third-order valence-electron chi connectivity index (χ3n) is 4.06. The Bertz CT molecular complexity index is 648. The molecule has 120 valence electrons. The molecule has 1 fully saturated rings. The number of sulfonamides is 1. The molecule has 22 heavy (non-hydrogen) atoms. The molecule has 6 heteroatoms. The highest BCUT2D eigenvalue weighted by atomic mass is 32.2. The molecule has 0 saturated heterocycles. The van der Waals surface area contributed by atoms with Crippen LogP contribution in [0.15, 0.2) is 41.8 Å². The summed E-state index contributed by atoms with van der Waals surface area (Å²) < 4.78 is 26.3. The van der Waals surface area contributed by atoms with Crippen LogP contribution >= 0.6 is 0 Å². The molecular weight excluding hydrogens is 300 g/mol. The van der Waals surface area contributed by atoms with Crippen LogP contribution in [0.25, 0.3) is 0 Å². The molecule has 1 aliphatic rings. The van der Waals surface area contributed by atoms with Crippen LogP contribution in [0, 0.1) is 5.92 Å². The lowest BCUT2D eigenvalue weighted by Gasteiger charge is -2.25. The highest BCUT2D eigenvalue weighted by Gasteiger charge is 2.32. The smallest absolute Gasteiger partial charge is 0.253 e. The molecule has 1 aliphatic carbocycles. The van der Waals surface area contributed by atoms with E-state index in [9.17, 15) is 13.2 Å². The Hall–Kier alpha value is -1.66. The van der Waals surface area contributed by atoms with E-state index in [1.165, 1.54) is 31.1 Å². The van der Waals surface area contributed by atoms with E-state index in [1.54, 1.807) is 24.1 Å². The second-order valence-electron chi connectivity index (χ2n) is 5.66. The Balaban J connectivity index is 2.11. The van der Waals surface area contributed by atoms with E-state index in [2.05, 4.69) is 11.3 Å². The monoisotopic (exact) mass is 322 g/mol. The second kappa shape index (κ2) is 6.62. The third kappa shape index (κ3) is 3.75. The van der Waals surface area contributed by atoms with Crippen LogP contribution in [-0.2, 0) is 10.0 Å². The highest BCUT2D eigenvalue weighted by molar-refractivity contribution is 7.89. The van der Waals surface area contributed by atoms with Crippen LogP contribution in [-0.4, -0.2) is 38.9 Å². The Labute approximate surface area is 132 Å². The Morgan fingerprint density at radius 2 is 2.00 bits per heavy atom. The first-order valence-corrected chi connectivity index (χ1v) is 8.83. The molecule has 0 spiro atoms. The van der Waals surface area contributed by atoms with Crippen molar-refractivity contribution in [2.24, 2.45) is 5.92 Å². The molecule has 1 aromatic carbocycles. The highest BCUT2D eigenvalue weighted by Crippen LogP contribution is 2.35. The number of carbonyl (C=O) groups is 1. The zero-order valence-corrected chi connectivity index (χ0v) is 13.8. The van der Waals surface area contributed by atoms with Gasteiger partial charge in [0.15, 0.2) is 0 Å². The molecule has 5 nitrogen and oxygen atoms in total. The van der Waals surface area contributed by atoms with Gasteiger partial charge in [0.25, 0.3) is 5.91 Å². The predicted molar refractivity (Wildman–Crippen MR) is 86.1 cm³/mol. The zero-order chi connectivity index (χ0) is 16.3. The average molecular weight is 322 g/mol. The normalized spacial score (nSPS) is 16.1. The van der Waals surface area contributed by atoms with E-state index in [-0.39, 0.29) is 23.4 Å². The van der Waals surface area contributed by atoms with E-state index >= 15 is 0 Å². The van der Waals surface area contributed by atoms with Crippen molar-refractivity contribution in [2.45, 2.75) is 30.7 Å². The third-order valence-corrected chi connectivity index (χ3v) is 5.50. The molecule has 0 aromatic heterocycles. The largest absolute Gasteiger partial charge is 0.339 e. The van der Waals surface area contributed by atoms with E-state index in [0.29, 0.717) is 11.5 Å². The first-order chi connectivity index (χ1) is 10.4. The Kier molecular flexibility index (Phi) is 5.03. The van der Waals surface area contributed by atoms with Crippen molar-refractivity contribution in [1.82, 2.24) is 9.62 Å². The number of nitrogens with one attached hydrogen (secondary N) is 1. The standard InChI is InChI=1S/C16H22N2O3S/c1-4-11-17-22(20,21)15-9-7-14(8-10-15)16(19)18(3)12(2)13-5-6-13/h4,7-10,12-13,17H,1,5-6,11H2,2-3H3. The molecule has 1 aromatic rings. The van der Waals surface area contributed by atoms with E-state index in [1.807, 2.05) is 6.92 Å². The minimum Gasteiger partial charge on any atom is -0.339 e. The van der Waals surface area contributed by atoms with Gasteiger partial charge in [-0.05, 0) is 49.9 Å². The molecule has 1 unspecified atom stereocenters. The van der Waals surface area contributed by atoms with Gasteiger partial charge in [0.1, 0.15) is 0 Å². The van der Waals surface area contributed by atoms with Crippen LogP contribution in [0.2, 0.25) is 0 Å². The van der Waals surface area contributed by atoms with Crippen molar-refractivity contribution >= 4 is 15.9 Å². The van der Waals surface area contributed by atoms with Gasteiger partial charge in [0.05, 0.1) is 4.90 Å². The second-order valence-corrected chi connectivity index (χ2v) is 7.43. The van der Waals surface area contributed by atoms with Crippen LogP contribution in [0.4, 0.5) is 0 Å². The lowest BCUT2D eigenvalue weighted by Crippen LogP contribution is -2.36. The zero-order valence-electron chi connectivity index (χ0n) is 13.0. The molecule has 0 radical (unpaired) electrons. The van der Waals surface area contributed by atoms with Crippen LogP contribution in [0.5, 0.6) is 0 Å². The maximum atomic E-state index is 12.4. The molecule has 1 N–H and O–H groups in total. The van der Waals surface area contributed by atoms with Crippen LogP contribution < -0.4 is 4.72 Å². The quantitative estimate of drug-likeness (QED) is 0.781. The minimum absolute atomic E-state index is 0.0811. The minimum atomic E-state index is -3.55. The van der Waals surface area contributed by atoms with Gasteiger partial charge < -0.3 is 4.90 Å². The molecule has 1 saturated carbocycles. The van der Waals surface area contributed by atoms with Crippen molar-refractivity contribution in [3.8, 4) is 0 Å². The molecular formula is C16H22N2O3S. The molecule has 1 atom stereocenters. The number of amides is 1. The predicted octanol–water partition coefficient (Wildman–Crippen LogP) is 2.02. The number of carbonyl (C=O) groups excluding carboxylic acids is 1. The van der Waals surface area contributed by atoms with Crippen molar-refractivity contribution < 1.29 is 13.2 Å². The fraction of sp³-hybridized carbons (Fsp3) is 0.438. The summed E-state index contributed by atoms with van der Waals surface area (Å²) in [6.07, 6.45) is 3.82. The molecule has 1 amide bonds. The summed E-state index contributed by atoms with van der Waals surface area (Å²) in [4.78, 5) is 14.3. The van der Waals surface area contributed by atoms with Crippen molar-refractivity contribution in [3.63, 3.8) is 0 Å². The summed E-state index contributed by atoms with van der Waals surface area (Å²) >= 11 is 0. The molecule has 2 rings (SSSR count). The topological polar surface area (TPSA) is 66.5 Å². The van der Waals surface area contributed by atoms with Gasteiger partial charge in [-0.2, -0.15) is 0 Å². The van der Waals surface area contributed by atoms with E-state index in [0.717, 1.165) is 0 Å². The summed E-state index contributed by atoms with van der Waals surface area (Å²) in [5, 5.41) is 0. The van der Waals surface area contributed by atoms with Crippen molar-refractivity contribution in [2.75, 3.05) is 13.6 Å². The summed E-state index contributed by atoms with van der Waals surface area (Å²) in [7, 11) is -1.76. The van der Waals surface area contributed by atoms with E-state index < -0.39 is 10.0 Å². The number of nitrogens with zero attached hydrogens (tertiary/aromatic N) is 1. The number of hydrogen-bond donors (Lipinski definition) is 1. The van der Waals surface area contributed by atoms with Gasteiger partial charge in [0, 0.05) is 25.2 Å². The summed E-state index contributed by atoms with van der Waals surface area (Å²) in [6.45, 7) is 5.69. The van der Waals surface area contributed by atoms with E-state index in [4.69, 9.17) is 0 Å². The fourth-order valence-electron chi connectivity index (χ4n) is 2.31. The lowest BCUT2D eigenvalue weighted by atomic mass is 10.1. The Morgan fingerprint density at radius 3 is 2.50 bits per heavy atom. The van der Waals surface area contributed by atoms with Gasteiger partial charge >= 0.3 is 0 Å². The molecule has 0 heterocycles. The van der Waals surface area contributed by atoms with Crippen LogP contribution in [0.3, 0.4) is 0 Å². The van der Waals surface area contributed by atoms with Gasteiger partial charge in [-0.15, -0.1) is 6.58 Å². The maximum absolute atomic E-state index is 12.4. The first-order valence-electron chi connectivity index (χ1n) is 7.34. The Morgan fingerprint density at radius 1 is 1.41 bits per heavy atom. The van der Waals surface area contributed by atoms with Gasteiger partial charge in [-0.3, -0.25) is 4.79 Å². The summed E-state index contributed by atoms with van der Waals surface area (Å²) in [5.74, 6) is 0.513.